The van der Waals surface area contributed by atoms with E-state index in [1.165, 1.54) is 0 Å². The van der Waals surface area contributed by atoms with Gasteiger partial charge in [0.1, 0.15) is 12.4 Å². The fourth-order valence-electron chi connectivity index (χ4n) is 2.10. The van der Waals surface area contributed by atoms with Crippen molar-refractivity contribution < 1.29 is 9.53 Å². The zero-order valence-corrected chi connectivity index (χ0v) is 13.1. The maximum absolute atomic E-state index is 12.0. The number of benzene rings is 1. The van der Waals surface area contributed by atoms with Gasteiger partial charge in [-0.25, -0.2) is 0 Å². The third-order valence-electron chi connectivity index (χ3n) is 2.95. The minimum Gasteiger partial charge on any atom is -0.490 e. The molecule has 1 amide bonds. The Morgan fingerprint density at radius 1 is 1.24 bits per heavy atom. The van der Waals surface area contributed by atoms with Crippen LogP contribution < -0.4 is 10.1 Å². The summed E-state index contributed by atoms with van der Waals surface area (Å²) in [5.41, 5.74) is 0.791. The van der Waals surface area contributed by atoms with Crippen LogP contribution in [0.25, 0.3) is 0 Å². The molecule has 0 unspecified atom stereocenters. The molecule has 0 radical (unpaired) electrons. The lowest BCUT2D eigenvalue weighted by Gasteiger charge is -2.20. The number of amides is 1. The van der Waals surface area contributed by atoms with E-state index in [0.717, 1.165) is 37.4 Å². The predicted octanol–water partition coefficient (Wildman–Crippen LogP) is 3.31. The molecule has 21 heavy (non-hydrogen) atoms. The number of nitrogens with zero attached hydrogens (tertiary/aromatic N) is 1. The monoisotopic (exact) mass is 290 g/mol. The maximum atomic E-state index is 12.0. The second kappa shape index (κ2) is 10.00. The van der Waals surface area contributed by atoms with Crippen molar-refractivity contribution >= 4 is 11.6 Å². The number of nitrogens with one attached hydrogen (secondary N) is 1. The van der Waals surface area contributed by atoms with Crippen LogP contribution in [-0.4, -0.2) is 37.0 Å². The molecule has 116 valence electrons. The smallest absolute Gasteiger partial charge is 0.238 e. The van der Waals surface area contributed by atoms with Crippen molar-refractivity contribution in [2.45, 2.75) is 26.7 Å². The third-order valence-corrected chi connectivity index (χ3v) is 2.95. The molecule has 0 heterocycles. The topological polar surface area (TPSA) is 41.6 Å². The van der Waals surface area contributed by atoms with Gasteiger partial charge in [-0.1, -0.05) is 26.5 Å². The number of carbonyl (C=O) groups is 1. The lowest BCUT2D eigenvalue weighted by molar-refractivity contribution is -0.117. The Kier molecular flexibility index (Phi) is 8.21. The van der Waals surface area contributed by atoms with E-state index in [-0.39, 0.29) is 5.91 Å². The number of carbonyl (C=O) groups excluding carboxylic acids is 1. The molecule has 0 aliphatic carbocycles. The van der Waals surface area contributed by atoms with Gasteiger partial charge in [-0.2, -0.15) is 0 Å². The van der Waals surface area contributed by atoms with Crippen LogP contribution in [0.2, 0.25) is 0 Å². The van der Waals surface area contributed by atoms with Crippen LogP contribution in [0.4, 0.5) is 5.69 Å². The summed E-state index contributed by atoms with van der Waals surface area (Å²) in [6.45, 7) is 10.7. The van der Waals surface area contributed by atoms with Crippen LogP contribution in [-0.2, 0) is 4.79 Å². The summed E-state index contributed by atoms with van der Waals surface area (Å²) in [5, 5.41) is 2.92. The van der Waals surface area contributed by atoms with Gasteiger partial charge in [-0.3, -0.25) is 9.69 Å². The minimum atomic E-state index is 0.0247. The van der Waals surface area contributed by atoms with Crippen LogP contribution >= 0.6 is 0 Å². The van der Waals surface area contributed by atoms with Gasteiger partial charge < -0.3 is 10.1 Å². The highest BCUT2D eigenvalue weighted by atomic mass is 16.5. The molecule has 1 N–H and O–H groups in total. The number of ether oxygens (including phenoxy) is 1. The van der Waals surface area contributed by atoms with Crippen molar-refractivity contribution in [3.63, 3.8) is 0 Å². The van der Waals surface area contributed by atoms with Crippen LogP contribution in [0.3, 0.4) is 0 Å². The molecule has 0 aliphatic heterocycles. The quantitative estimate of drug-likeness (QED) is 0.672. The Labute approximate surface area is 127 Å². The number of hydrogen-bond acceptors (Lipinski definition) is 3. The molecule has 0 fully saturated rings. The highest BCUT2D eigenvalue weighted by Crippen LogP contribution is 2.15. The number of hydrogen-bond donors (Lipinski definition) is 1. The van der Waals surface area contributed by atoms with Crippen molar-refractivity contribution in [3.8, 4) is 5.75 Å². The van der Waals surface area contributed by atoms with Gasteiger partial charge in [0.15, 0.2) is 0 Å². The Morgan fingerprint density at radius 3 is 2.38 bits per heavy atom. The first kappa shape index (κ1) is 17.2. The molecule has 0 saturated heterocycles. The SMILES string of the molecule is C=CCOc1ccc(NC(=O)CN(CCC)CCC)cc1. The Bertz CT molecular complexity index is 423. The second-order valence-corrected chi connectivity index (χ2v) is 4.95. The zero-order chi connectivity index (χ0) is 15.5. The largest absolute Gasteiger partial charge is 0.490 e. The number of rotatable bonds is 10. The van der Waals surface area contributed by atoms with E-state index in [9.17, 15) is 4.79 Å². The minimum absolute atomic E-state index is 0.0247. The zero-order valence-electron chi connectivity index (χ0n) is 13.1. The van der Waals surface area contributed by atoms with E-state index in [4.69, 9.17) is 4.74 Å². The second-order valence-electron chi connectivity index (χ2n) is 4.95. The fourth-order valence-corrected chi connectivity index (χ4v) is 2.10. The maximum Gasteiger partial charge on any atom is 0.238 e. The first-order valence-electron chi connectivity index (χ1n) is 7.55. The van der Waals surface area contributed by atoms with E-state index in [1.807, 2.05) is 24.3 Å². The Balaban J connectivity index is 2.47. The molecule has 0 saturated carbocycles. The summed E-state index contributed by atoms with van der Waals surface area (Å²) >= 11 is 0. The molecule has 1 aromatic rings. The van der Waals surface area contributed by atoms with Gasteiger partial charge in [-0.05, 0) is 50.2 Å². The molecule has 1 rings (SSSR count). The summed E-state index contributed by atoms with van der Waals surface area (Å²) in [6.07, 6.45) is 3.82. The summed E-state index contributed by atoms with van der Waals surface area (Å²) in [6, 6.07) is 7.38. The van der Waals surface area contributed by atoms with E-state index in [2.05, 4.69) is 30.6 Å². The first-order chi connectivity index (χ1) is 10.2. The molecule has 0 bridgehead atoms. The normalized spacial score (nSPS) is 10.4. The lowest BCUT2D eigenvalue weighted by atomic mass is 10.3. The first-order valence-corrected chi connectivity index (χ1v) is 7.55. The highest BCUT2D eigenvalue weighted by Gasteiger charge is 2.09. The molecular weight excluding hydrogens is 264 g/mol. The average Bonchev–Trinajstić information content (AvgIpc) is 2.47. The van der Waals surface area contributed by atoms with Crippen LogP contribution in [0.1, 0.15) is 26.7 Å². The van der Waals surface area contributed by atoms with Gasteiger partial charge in [-0.15, -0.1) is 0 Å². The van der Waals surface area contributed by atoms with Crippen molar-refractivity contribution in [3.05, 3.63) is 36.9 Å². The van der Waals surface area contributed by atoms with Gasteiger partial charge in [0.25, 0.3) is 0 Å². The van der Waals surface area contributed by atoms with Crippen molar-refractivity contribution in [1.29, 1.82) is 0 Å². The average molecular weight is 290 g/mol. The van der Waals surface area contributed by atoms with Crippen molar-refractivity contribution in [1.82, 2.24) is 4.90 Å². The van der Waals surface area contributed by atoms with E-state index in [0.29, 0.717) is 13.2 Å². The van der Waals surface area contributed by atoms with Gasteiger partial charge in [0.2, 0.25) is 5.91 Å². The molecule has 4 heteroatoms. The summed E-state index contributed by atoms with van der Waals surface area (Å²) in [4.78, 5) is 14.2. The highest BCUT2D eigenvalue weighted by molar-refractivity contribution is 5.92. The van der Waals surface area contributed by atoms with E-state index in [1.54, 1.807) is 6.08 Å². The van der Waals surface area contributed by atoms with Gasteiger partial charge in [0, 0.05) is 5.69 Å². The molecule has 1 aromatic carbocycles. The summed E-state index contributed by atoms with van der Waals surface area (Å²) in [5.74, 6) is 0.795. The molecular formula is C17H26N2O2. The van der Waals surface area contributed by atoms with Crippen LogP contribution in [0, 0.1) is 0 Å². The van der Waals surface area contributed by atoms with Gasteiger partial charge >= 0.3 is 0 Å². The molecule has 0 spiro atoms. The summed E-state index contributed by atoms with van der Waals surface area (Å²) in [7, 11) is 0. The Morgan fingerprint density at radius 2 is 1.86 bits per heavy atom. The van der Waals surface area contributed by atoms with Crippen LogP contribution in [0.5, 0.6) is 5.75 Å². The van der Waals surface area contributed by atoms with Crippen LogP contribution in [0.15, 0.2) is 36.9 Å². The Hall–Kier alpha value is -1.81. The van der Waals surface area contributed by atoms with E-state index < -0.39 is 0 Å². The standard InChI is InChI=1S/C17H26N2O2/c1-4-11-19(12-5-2)14-17(20)18-15-7-9-16(10-8-15)21-13-6-3/h6-10H,3-5,11-14H2,1-2H3,(H,18,20). The third kappa shape index (κ3) is 6.95. The molecule has 4 nitrogen and oxygen atoms in total. The van der Waals surface area contributed by atoms with Crippen molar-refractivity contribution in [2.75, 3.05) is 31.6 Å². The number of anilines is 1. The molecule has 0 atom stereocenters. The fraction of sp³-hybridized carbons (Fsp3) is 0.471. The molecule has 0 aromatic heterocycles. The summed E-state index contributed by atoms with van der Waals surface area (Å²) < 4.78 is 5.40. The molecule has 0 aliphatic rings. The lowest BCUT2D eigenvalue weighted by Crippen LogP contribution is -2.34. The van der Waals surface area contributed by atoms with Gasteiger partial charge in [0.05, 0.1) is 6.54 Å². The van der Waals surface area contributed by atoms with Crippen molar-refractivity contribution in [2.24, 2.45) is 0 Å². The van der Waals surface area contributed by atoms with E-state index >= 15 is 0 Å². The predicted molar refractivity (Wildman–Crippen MR) is 87.8 cm³/mol.